The molecule has 0 amide bonds. The second-order valence-electron chi connectivity index (χ2n) is 2.38. The Morgan fingerprint density at radius 2 is 2.33 bits per heavy atom. The van der Waals surface area contributed by atoms with Gasteiger partial charge in [-0.25, -0.2) is 0 Å². The monoisotopic (exact) mass is 146 g/mol. The molecule has 0 heterocycles. The summed E-state index contributed by atoms with van der Waals surface area (Å²) in [5, 5.41) is 9.36. The predicted molar refractivity (Wildman–Crippen MR) is 38.4 cm³/mol. The summed E-state index contributed by atoms with van der Waals surface area (Å²) in [6, 6.07) is 0. The Bertz CT molecular complexity index is 116. The number of hydrogen-bond acceptors (Lipinski definition) is 1. The summed E-state index contributed by atoms with van der Waals surface area (Å²) >= 11 is 5.81. The minimum atomic E-state index is 0.211. The van der Waals surface area contributed by atoms with Gasteiger partial charge in [0.25, 0.3) is 0 Å². The largest absolute Gasteiger partial charge is 0.396 e. The van der Waals surface area contributed by atoms with Gasteiger partial charge in [-0.1, -0.05) is 17.7 Å². The van der Waals surface area contributed by atoms with Gasteiger partial charge in [0, 0.05) is 11.6 Å². The molecule has 0 saturated heterocycles. The SMILES string of the molecule is OCC/C=C(\Cl)C1CC1. The van der Waals surface area contributed by atoms with Gasteiger partial charge in [0.05, 0.1) is 0 Å². The average molecular weight is 147 g/mol. The van der Waals surface area contributed by atoms with E-state index in [0.29, 0.717) is 12.3 Å². The summed E-state index contributed by atoms with van der Waals surface area (Å²) in [4.78, 5) is 0. The van der Waals surface area contributed by atoms with Crippen LogP contribution in [0.2, 0.25) is 0 Å². The third-order valence-electron chi connectivity index (χ3n) is 1.44. The highest BCUT2D eigenvalue weighted by atomic mass is 35.5. The lowest BCUT2D eigenvalue weighted by Crippen LogP contribution is -1.79. The minimum Gasteiger partial charge on any atom is -0.396 e. The smallest absolute Gasteiger partial charge is 0.0466 e. The van der Waals surface area contributed by atoms with Crippen LogP contribution in [0.4, 0.5) is 0 Å². The van der Waals surface area contributed by atoms with E-state index in [-0.39, 0.29) is 6.61 Å². The lowest BCUT2D eigenvalue weighted by molar-refractivity contribution is 0.302. The Labute approximate surface area is 60.3 Å². The Kier molecular flexibility index (Phi) is 2.55. The Morgan fingerprint density at radius 1 is 1.67 bits per heavy atom. The van der Waals surface area contributed by atoms with Crippen molar-refractivity contribution in [2.75, 3.05) is 6.61 Å². The number of halogens is 1. The van der Waals surface area contributed by atoms with Crippen molar-refractivity contribution in [1.82, 2.24) is 0 Å². The standard InChI is InChI=1S/C7H11ClO/c8-7(2-1-5-9)6-3-4-6/h2,6,9H,1,3-5H2/b7-2-. The van der Waals surface area contributed by atoms with Crippen LogP contribution in [0.1, 0.15) is 19.3 Å². The molecule has 0 aliphatic heterocycles. The third-order valence-corrected chi connectivity index (χ3v) is 1.90. The van der Waals surface area contributed by atoms with Crippen molar-refractivity contribution in [3.8, 4) is 0 Å². The van der Waals surface area contributed by atoms with Crippen LogP contribution < -0.4 is 0 Å². The van der Waals surface area contributed by atoms with E-state index in [1.165, 1.54) is 12.8 Å². The zero-order valence-electron chi connectivity index (χ0n) is 5.31. The van der Waals surface area contributed by atoms with Gasteiger partial charge < -0.3 is 5.11 Å². The first-order valence-corrected chi connectivity index (χ1v) is 3.69. The molecule has 0 aromatic carbocycles. The van der Waals surface area contributed by atoms with Gasteiger partial charge in [-0.15, -0.1) is 0 Å². The maximum Gasteiger partial charge on any atom is 0.0466 e. The van der Waals surface area contributed by atoms with Gasteiger partial charge in [-0.3, -0.25) is 0 Å². The van der Waals surface area contributed by atoms with Crippen LogP contribution in [-0.2, 0) is 0 Å². The molecule has 2 heteroatoms. The number of aliphatic hydroxyl groups is 1. The molecule has 0 atom stereocenters. The van der Waals surface area contributed by atoms with E-state index in [1.54, 1.807) is 0 Å². The average Bonchev–Trinajstić information content (AvgIpc) is 2.63. The number of aliphatic hydroxyl groups excluding tert-OH is 1. The molecule has 52 valence electrons. The molecule has 1 saturated carbocycles. The van der Waals surface area contributed by atoms with Crippen molar-refractivity contribution in [3.63, 3.8) is 0 Å². The van der Waals surface area contributed by atoms with Crippen molar-refractivity contribution in [1.29, 1.82) is 0 Å². The molecule has 1 fully saturated rings. The quantitative estimate of drug-likeness (QED) is 0.645. The van der Waals surface area contributed by atoms with Gasteiger partial charge in [0.15, 0.2) is 0 Å². The summed E-state index contributed by atoms with van der Waals surface area (Å²) in [5.74, 6) is 0.637. The van der Waals surface area contributed by atoms with Crippen LogP contribution in [0.25, 0.3) is 0 Å². The molecule has 0 bridgehead atoms. The molecule has 0 spiro atoms. The molecule has 0 aromatic heterocycles. The zero-order valence-corrected chi connectivity index (χ0v) is 6.06. The fourth-order valence-electron chi connectivity index (χ4n) is 0.728. The Hall–Kier alpha value is -0.0100. The van der Waals surface area contributed by atoms with Crippen LogP contribution >= 0.6 is 11.6 Å². The second kappa shape index (κ2) is 3.23. The molecule has 1 nitrogen and oxygen atoms in total. The lowest BCUT2D eigenvalue weighted by Gasteiger charge is -1.90. The van der Waals surface area contributed by atoms with E-state index in [1.807, 2.05) is 6.08 Å². The Morgan fingerprint density at radius 3 is 2.78 bits per heavy atom. The van der Waals surface area contributed by atoms with E-state index in [9.17, 15) is 0 Å². The van der Waals surface area contributed by atoms with Gasteiger partial charge in [-0.2, -0.15) is 0 Å². The van der Waals surface area contributed by atoms with Crippen LogP contribution in [0, 0.1) is 5.92 Å². The highest BCUT2D eigenvalue weighted by Crippen LogP contribution is 2.38. The first-order valence-electron chi connectivity index (χ1n) is 3.31. The van der Waals surface area contributed by atoms with Crippen LogP contribution in [-0.4, -0.2) is 11.7 Å². The molecule has 1 aliphatic rings. The zero-order chi connectivity index (χ0) is 6.69. The van der Waals surface area contributed by atoms with Crippen LogP contribution in [0.5, 0.6) is 0 Å². The maximum atomic E-state index is 8.41. The molecule has 9 heavy (non-hydrogen) atoms. The van der Waals surface area contributed by atoms with E-state index in [0.717, 1.165) is 5.03 Å². The molecule has 0 unspecified atom stereocenters. The van der Waals surface area contributed by atoms with Gasteiger partial charge in [0.1, 0.15) is 0 Å². The van der Waals surface area contributed by atoms with Crippen molar-refractivity contribution < 1.29 is 5.11 Å². The van der Waals surface area contributed by atoms with Gasteiger partial charge in [0.2, 0.25) is 0 Å². The third kappa shape index (κ3) is 2.37. The van der Waals surface area contributed by atoms with Gasteiger partial charge in [-0.05, 0) is 25.2 Å². The lowest BCUT2D eigenvalue weighted by atomic mass is 10.3. The highest BCUT2D eigenvalue weighted by molar-refractivity contribution is 6.30. The van der Waals surface area contributed by atoms with E-state index < -0.39 is 0 Å². The molecular formula is C7H11ClO. The van der Waals surface area contributed by atoms with Gasteiger partial charge >= 0.3 is 0 Å². The number of hydrogen-bond donors (Lipinski definition) is 1. The second-order valence-corrected chi connectivity index (χ2v) is 2.81. The number of allylic oxidation sites excluding steroid dienone is 1. The first kappa shape index (κ1) is 7.10. The van der Waals surface area contributed by atoms with E-state index in [4.69, 9.17) is 16.7 Å². The predicted octanol–water partition coefficient (Wildman–Crippen LogP) is 1.90. The summed E-state index contributed by atoms with van der Waals surface area (Å²) in [6.07, 6.45) is 5.09. The topological polar surface area (TPSA) is 20.2 Å². The van der Waals surface area contributed by atoms with Crippen molar-refractivity contribution >= 4 is 11.6 Å². The fraction of sp³-hybridized carbons (Fsp3) is 0.714. The molecule has 1 N–H and O–H groups in total. The van der Waals surface area contributed by atoms with Crippen molar-refractivity contribution in [2.45, 2.75) is 19.3 Å². The van der Waals surface area contributed by atoms with Crippen LogP contribution in [0.15, 0.2) is 11.1 Å². The normalized spacial score (nSPS) is 20.4. The summed E-state index contributed by atoms with van der Waals surface area (Å²) in [5.41, 5.74) is 0. The van der Waals surface area contributed by atoms with E-state index >= 15 is 0 Å². The molecular weight excluding hydrogens is 136 g/mol. The molecule has 0 radical (unpaired) electrons. The molecule has 1 aliphatic carbocycles. The maximum absolute atomic E-state index is 8.41. The number of rotatable bonds is 3. The molecule has 0 aromatic rings. The summed E-state index contributed by atoms with van der Waals surface area (Å²) in [7, 11) is 0. The van der Waals surface area contributed by atoms with Crippen LogP contribution in [0.3, 0.4) is 0 Å². The Balaban J connectivity index is 2.20. The minimum absolute atomic E-state index is 0.211. The highest BCUT2D eigenvalue weighted by Gasteiger charge is 2.23. The summed E-state index contributed by atoms with van der Waals surface area (Å²) in [6.45, 7) is 0.211. The summed E-state index contributed by atoms with van der Waals surface area (Å²) < 4.78 is 0. The van der Waals surface area contributed by atoms with Crippen molar-refractivity contribution in [3.05, 3.63) is 11.1 Å². The fourth-order valence-corrected chi connectivity index (χ4v) is 1.06. The van der Waals surface area contributed by atoms with Crippen molar-refractivity contribution in [2.24, 2.45) is 5.92 Å². The molecule has 1 rings (SSSR count). The first-order chi connectivity index (χ1) is 4.34. The van der Waals surface area contributed by atoms with E-state index in [2.05, 4.69) is 0 Å².